The Kier molecular flexibility index (Phi) is 7.20. The average Bonchev–Trinajstić information content (AvgIpc) is 4.19. The lowest BCUT2D eigenvalue weighted by atomic mass is 9.66. The molecule has 10 aromatic rings. The van der Waals surface area contributed by atoms with Gasteiger partial charge in [0, 0.05) is 33.0 Å². The number of hydrogen-bond donors (Lipinski definition) is 0. The maximum Gasteiger partial charge on any atom is 0.135 e. The number of hydrogen-bond acceptors (Lipinski definition) is 2. The van der Waals surface area contributed by atoms with E-state index < -0.39 is 0 Å². The van der Waals surface area contributed by atoms with Crippen LogP contribution in [0.25, 0.3) is 77.2 Å². The van der Waals surface area contributed by atoms with Crippen molar-refractivity contribution in [3.8, 4) is 44.5 Å². The minimum Gasteiger partial charge on any atom is -0.456 e. The van der Waals surface area contributed by atoms with Gasteiger partial charge >= 0.3 is 0 Å². The quantitative estimate of drug-likeness (QED) is 0.167. The van der Waals surface area contributed by atoms with Crippen LogP contribution in [0, 0.1) is 23.7 Å². The van der Waals surface area contributed by atoms with Crippen LogP contribution in [0.1, 0.15) is 30.4 Å². The number of para-hydroxylation sites is 3. The smallest absolute Gasteiger partial charge is 0.135 e. The largest absolute Gasteiger partial charge is 0.456 e. The third-order valence-corrected chi connectivity index (χ3v) is 15.7. The predicted molar refractivity (Wildman–Crippen MR) is 256 cm³/mol. The Morgan fingerprint density at radius 3 is 1.84 bits per heavy atom. The van der Waals surface area contributed by atoms with Gasteiger partial charge in [0.2, 0.25) is 0 Å². The fourth-order valence-corrected chi connectivity index (χ4v) is 13.5. The first kappa shape index (κ1) is 34.5. The van der Waals surface area contributed by atoms with E-state index in [0.29, 0.717) is 0 Å². The van der Waals surface area contributed by atoms with Gasteiger partial charge in [0.15, 0.2) is 0 Å². The monoisotopic (exact) mass is 793 g/mol. The molecule has 294 valence electrons. The Morgan fingerprint density at radius 2 is 1.03 bits per heavy atom. The predicted octanol–water partition coefficient (Wildman–Crippen LogP) is 16.2. The van der Waals surface area contributed by atoms with Gasteiger partial charge in [-0.1, -0.05) is 158 Å². The molecule has 0 saturated heterocycles. The highest BCUT2D eigenvalue weighted by atomic mass is 16.3. The Bertz CT molecular complexity index is 3430. The normalized spacial score (nSPS) is 21.4. The van der Waals surface area contributed by atoms with E-state index in [1.165, 1.54) is 74.5 Å². The SMILES string of the molecule is c1ccc(-c2cccc3cccc(-c4ccccc4N(c4ccc5oc6ccccc6c5c4)c4ccccc4-c4ccc5c(c4)C4(c6ccccc6-5)C5CC6CC5CC64)c23)cc1. The van der Waals surface area contributed by atoms with Crippen LogP contribution in [0.2, 0.25) is 0 Å². The lowest BCUT2D eigenvalue weighted by molar-refractivity contribution is 0.307. The molecule has 1 spiro atoms. The van der Waals surface area contributed by atoms with Gasteiger partial charge in [0.25, 0.3) is 0 Å². The van der Waals surface area contributed by atoms with Gasteiger partial charge in [-0.25, -0.2) is 0 Å². The molecule has 2 heteroatoms. The summed E-state index contributed by atoms with van der Waals surface area (Å²) in [6.45, 7) is 0. The summed E-state index contributed by atoms with van der Waals surface area (Å²) in [4.78, 5) is 2.52. The molecule has 0 radical (unpaired) electrons. The Hall–Kier alpha value is -7.16. The number of fused-ring (bicyclic) bond motifs is 7. The van der Waals surface area contributed by atoms with Crippen LogP contribution in [0.3, 0.4) is 0 Å². The van der Waals surface area contributed by atoms with Crippen molar-refractivity contribution in [1.29, 1.82) is 0 Å². The van der Waals surface area contributed by atoms with Crippen LogP contribution in [-0.4, -0.2) is 0 Å². The van der Waals surface area contributed by atoms with Crippen molar-refractivity contribution in [2.75, 3.05) is 4.90 Å². The Labute approximate surface area is 361 Å². The molecule has 4 saturated carbocycles. The zero-order chi connectivity index (χ0) is 40.5. The van der Waals surface area contributed by atoms with Crippen molar-refractivity contribution >= 4 is 49.8 Å². The highest BCUT2D eigenvalue weighted by Gasteiger charge is 2.70. The summed E-state index contributed by atoms with van der Waals surface area (Å²) < 4.78 is 6.42. The summed E-state index contributed by atoms with van der Waals surface area (Å²) in [5.41, 5.74) is 18.7. The number of rotatable bonds is 6. The summed E-state index contributed by atoms with van der Waals surface area (Å²) in [5, 5.41) is 4.72. The molecular weight excluding hydrogens is 751 g/mol. The summed E-state index contributed by atoms with van der Waals surface area (Å²) in [5.74, 6) is 3.20. The third kappa shape index (κ3) is 4.65. The topological polar surface area (TPSA) is 16.4 Å². The standard InChI is InChI=1S/C60H43NO/c1-2-14-37(15-3-1)44-22-12-16-38-17-13-23-49(59(38)44)47-20-6-10-26-56(47)61(42-29-31-58-50(36-42)48-21-7-11-27-57(48)62-58)55-25-9-5-18-43(55)39-28-30-46-45-19-4-8-24-51(45)60(54(46)33-39)52-34-40-32-41(52)35-53(40)60/h1-31,33,36,40-41,52-53H,32,34-35H2. The fourth-order valence-electron chi connectivity index (χ4n) is 13.5. The first-order valence-electron chi connectivity index (χ1n) is 22.5. The molecule has 4 unspecified atom stereocenters. The molecule has 9 aromatic carbocycles. The van der Waals surface area contributed by atoms with E-state index in [4.69, 9.17) is 4.42 Å². The van der Waals surface area contributed by atoms with Crippen LogP contribution in [-0.2, 0) is 5.41 Å². The zero-order valence-electron chi connectivity index (χ0n) is 34.3. The molecule has 4 fully saturated rings. The van der Waals surface area contributed by atoms with E-state index in [0.717, 1.165) is 62.7 Å². The number of benzene rings is 9. The third-order valence-electron chi connectivity index (χ3n) is 15.7. The molecule has 4 atom stereocenters. The molecule has 62 heavy (non-hydrogen) atoms. The minimum atomic E-state index is 0.134. The molecule has 4 bridgehead atoms. The van der Waals surface area contributed by atoms with Crippen LogP contribution in [0.5, 0.6) is 0 Å². The summed E-state index contributed by atoms with van der Waals surface area (Å²) in [7, 11) is 0. The fraction of sp³-hybridized carbons (Fsp3) is 0.133. The second kappa shape index (κ2) is 12.9. The van der Waals surface area contributed by atoms with Crippen LogP contribution in [0.4, 0.5) is 17.1 Å². The second-order valence-corrected chi connectivity index (χ2v) is 18.3. The van der Waals surface area contributed by atoms with E-state index in [1.54, 1.807) is 11.1 Å². The number of nitrogens with zero attached hydrogens (tertiary/aromatic N) is 1. The van der Waals surface area contributed by atoms with Crippen molar-refractivity contribution in [1.82, 2.24) is 0 Å². The van der Waals surface area contributed by atoms with E-state index in [9.17, 15) is 0 Å². The molecule has 0 aliphatic heterocycles. The first-order chi connectivity index (χ1) is 30.7. The van der Waals surface area contributed by atoms with E-state index in [1.807, 2.05) is 0 Å². The molecule has 2 nitrogen and oxygen atoms in total. The van der Waals surface area contributed by atoms with Crippen molar-refractivity contribution in [3.05, 3.63) is 211 Å². The highest BCUT2D eigenvalue weighted by molar-refractivity contribution is 6.10. The average molecular weight is 794 g/mol. The molecule has 5 aliphatic rings. The lowest BCUT2D eigenvalue weighted by Gasteiger charge is -2.37. The number of furan rings is 1. The van der Waals surface area contributed by atoms with Gasteiger partial charge in [-0.15, -0.1) is 0 Å². The molecule has 0 amide bonds. The number of anilines is 3. The van der Waals surface area contributed by atoms with E-state index in [-0.39, 0.29) is 5.41 Å². The van der Waals surface area contributed by atoms with Crippen molar-refractivity contribution in [3.63, 3.8) is 0 Å². The molecule has 1 aromatic heterocycles. The Morgan fingerprint density at radius 1 is 0.403 bits per heavy atom. The van der Waals surface area contributed by atoms with Gasteiger partial charge < -0.3 is 9.32 Å². The second-order valence-electron chi connectivity index (χ2n) is 18.3. The molecular formula is C60H43NO. The van der Waals surface area contributed by atoms with Crippen LogP contribution < -0.4 is 4.90 Å². The van der Waals surface area contributed by atoms with Crippen molar-refractivity contribution in [2.45, 2.75) is 24.7 Å². The molecule has 15 rings (SSSR count). The minimum absolute atomic E-state index is 0.134. The molecule has 1 heterocycles. The van der Waals surface area contributed by atoms with Crippen molar-refractivity contribution in [2.24, 2.45) is 23.7 Å². The zero-order valence-corrected chi connectivity index (χ0v) is 34.3. The van der Waals surface area contributed by atoms with Crippen LogP contribution in [0.15, 0.2) is 205 Å². The van der Waals surface area contributed by atoms with Gasteiger partial charge in [0.05, 0.1) is 11.4 Å². The molecule has 0 N–H and O–H groups in total. The van der Waals surface area contributed by atoms with Gasteiger partial charge in [0.1, 0.15) is 11.2 Å². The summed E-state index contributed by atoms with van der Waals surface area (Å²) >= 11 is 0. The first-order valence-corrected chi connectivity index (χ1v) is 22.5. The van der Waals surface area contributed by atoms with Gasteiger partial charge in [-0.05, 0) is 141 Å². The summed E-state index contributed by atoms with van der Waals surface area (Å²) in [6, 6.07) is 74.5. The molecule has 5 aliphatic carbocycles. The van der Waals surface area contributed by atoms with Gasteiger partial charge in [-0.2, -0.15) is 0 Å². The van der Waals surface area contributed by atoms with Crippen molar-refractivity contribution < 1.29 is 4.42 Å². The van der Waals surface area contributed by atoms with Crippen LogP contribution >= 0.6 is 0 Å². The lowest BCUT2D eigenvalue weighted by Crippen LogP contribution is -2.34. The van der Waals surface area contributed by atoms with E-state index >= 15 is 0 Å². The van der Waals surface area contributed by atoms with E-state index in [2.05, 4.69) is 205 Å². The maximum atomic E-state index is 6.42. The Balaban J connectivity index is 1.01. The highest BCUT2D eigenvalue weighted by Crippen LogP contribution is 2.77. The summed E-state index contributed by atoms with van der Waals surface area (Å²) in [6.07, 6.45) is 4.21. The maximum absolute atomic E-state index is 6.42. The van der Waals surface area contributed by atoms with Gasteiger partial charge in [-0.3, -0.25) is 0 Å².